The molecule has 90 valence electrons. The van der Waals surface area contributed by atoms with Crippen LogP contribution in [-0.2, 0) is 19.9 Å². The number of pyridine rings is 1. The maximum absolute atomic E-state index is 11.6. The summed E-state index contributed by atoms with van der Waals surface area (Å²) in [4.78, 5) is 3.60. The van der Waals surface area contributed by atoms with E-state index in [1.807, 2.05) is 0 Å². The van der Waals surface area contributed by atoms with Crippen molar-refractivity contribution in [2.45, 2.75) is 5.03 Å². The summed E-state index contributed by atoms with van der Waals surface area (Å²) in [5, 5.41) is 4.34. The molecule has 0 bridgehead atoms. The minimum Gasteiger partial charge on any atom is -0.243 e. The van der Waals surface area contributed by atoms with Gasteiger partial charge in [0.2, 0.25) is 10.0 Å². The monoisotopic (exact) mass is 284 g/mol. The summed E-state index contributed by atoms with van der Waals surface area (Å²) in [6, 6.07) is 2.83. The van der Waals surface area contributed by atoms with Gasteiger partial charge in [-0.05, 0) is 12.1 Å². The summed E-state index contributed by atoms with van der Waals surface area (Å²) < 4.78 is 44.6. The number of sulfone groups is 1. The van der Waals surface area contributed by atoms with E-state index in [-0.39, 0.29) is 10.0 Å². The van der Waals surface area contributed by atoms with E-state index in [4.69, 9.17) is 16.7 Å². The highest BCUT2D eigenvalue weighted by Gasteiger charge is 2.21. The molecule has 0 aliphatic heterocycles. The van der Waals surface area contributed by atoms with Crippen molar-refractivity contribution < 1.29 is 16.8 Å². The molecule has 0 aromatic carbocycles. The van der Waals surface area contributed by atoms with Gasteiger partial charge < -0.3 is 0 Å². The minimum absolute atomic E-state index is 0.0445. The molecule has 9 heteroatoms. The largest absolute Gasteiger partial charge is 0.243 e. The van der Waals surface area contributed by atoms with Gasteiger partial charge in [0.1, 0.15) is 0 Å². The van der Waals surface area contributed by atoms with E-state index in [1.165, 1.54) is 18.3 Å². The normalized spacial score (nSPS) is 12.6. The van der Waals surface area contributed by atoms with Crippen molar-refractivity contribution in [2.24, 2.45) is 5.14 Å². The average Bonchev–Trinajstić information content (AvgIpc) is 2.14. The first-order valence-electron chi connectivity index (χ1n) is 4.06. The van der Waals surface area contributed by atoms with Crippen molar-refractivity contribution in [1.82, 2.24) is 4.98 Å². The molecule has 1 heterocycles. The van der Waals surface area contributed by atoms with E-state index in [0.717, 1.165) is 0 Å². The number of rotatable bonds is 4. The topological polar surface area (TPSA) is 107 Å². The predicted molar refractivity (Wildman–Crippen MR) is 59.3 cm³/mol. The lowest BCUT2D eigenvalue weighted by Crippen LogP contribution is -2.23. The highest BCUT2D eigenvalue weighted by Crippen LogP contribution is 2.18. The molecule has 0 radical (unpaired) electrons. The third-order valence-corrected chi connectivity index (χ3v) is 4.76. The predicted octanol–water partition coefficient (Wildman–Crippen LogP) is -0.203. The molecule has 0 saturated heterocycles. The molecule has 2 N–H and O–H groups in total. The van der Waals surface area contributed by atoms with E-state index < -0.39 is 31.4 Å². The van der Waals surface area contributed by atoms with Gasteiger partial charge in [0, 0.05) is 6.20 Å². The van der Waals surface area contributed by atoms with Gasteiger partial charge in [-0.25, -0.2) is 27.0 Å². The summed E-state index contributed by atoms with van der Waals surface area (Å²) in [5.41, 5.74) is 0. The Morgan fingerprint density at radius 1 is 1.25 bits per heavy atom. The van der Waals surface area contributed by atoms with Crippen molar-refractivity contribution in [3.8, 4) is 0 Å². The maximum Gasteiger partial charge on any atom is 0.210 e. The lowest BCUT2D eigenvalue weighted by molar-refractivity contribution is 0.586. The zero-order chi connectivity index (χ0) is 12.4. The molecule has 1 rings (SSSR count). The third kappa shape index (κ3) is 3.71. The van der Waals surface area contributed by atoms with E-state index in [9.17, 15) is 16.8 Å². The fourth-order valence-corrected chi connectivity index (χ4v) is 3.98. The summed E-state index contributed by atoms with van der Waals surface area (Å²) in [6.07, 6.45) is 1.26. The van der Waals surface area contributed by atoms with Crippen LogP contribution >= 0.6 is 11.6 Å². The molecule has 16 heavy (non-hydrogen) atoms. The number of primary sulfonamides is 1. The SMILES string of the molecule is NS(=O)(=O)CCS(=O)(=O)c1ncccc1Cl. The van der Waals surface area contributed by atoms with E-state index in [1.54, 1.807) is 0 Å². The molecule has 6 nitrogen and oxygen atoms in total. The van der Waals surface area contributed by atoms with Gasteiger partial charge in [0.05, 0.1) is 16.5 Å². The standard InChI is InChI=1S/C7H9ClN2O4S2/c8-6-2-1-3-10-7(6)15(11,12)4-5-16(9,13)14/h1-3H,4-5H2,(H2,9,13,14). The lowest BCUT2D eigenvalue weighted by atomic mass is 10.5. The Labute approximate surface area is 98.4 Å². The van der Waals surface area contributed by atoms with Gasteiger partial charge in [0.15, 0.2) is 14.9 Å². The van der Waals surface area contributed by atoms with Gasteiger partial charge in [-0.1, -0.05) is 11.6 Å². The Morgan fingerprint density at radius 2 is 1.88 bits per heavy atom. The fraction of sp³-hybridized carbons (Fsp3) is 0.286. The highest BCUT2D eigenvalue weighted by atomic mass is 35.5. The summed E-state index contributed by atoms with van der Waals surface area (Å²) in [7, 11) is -7.65. The number of sulfonamides is 1. The molecule has 0 unspecified atom stereocenters. The van der Waals surface area contributed by atoms with E-state index >= 15 is 0 Å². The zero-order valence-electron chi connectivity index (χ0n) is 8.00. The smallest absolute Gasteiger partial charge is 0.210 e. The number of hydrogen-bond donors (Lipinski definition) is 1. The number of aromatic nitrogens is 1. The molecule has 0 aliphatic rings. The Morgan fingerprint density at radius 3 is 2.38 bits per heavy atom. The Balaban J connectivity index is 3.01. The molecule has 0 spiro atoms. The van der Waals surface area contributed by atoms with Crippen LogP contribution in [0.4, 0.5) is 0 Å². The van der Waals surface area contributed by atoms with Crippen LogP contribution in [0, 0.1) is 0 Å². The van der Waals surface area contributed by atoms with Gasteiger partial charge in [-0.2, -0.15) is 0 Å². The minimum atomic E-state index is -3.83. The quantitative estimate of drug-likeness (QED) is 0.824. The van der Waals surface area contributed by atoms with Crippen LogP contribution in [0.1, 0.15) is 0 Å². The van der Waals surface area contributed by atoms with Gasteiger partial charge in [0.25, 0.3) is 0 Å². The highest BCUT2D eigenvalue weighted by molar-refractivity contribution is 7.94. The van der Waals surface area contributed by atoms with Crippen molar-refractivity contribution in [2.75, 3.05) is 11.5 Å². The number of halogens is 1. The first-order valence-corrected chi connectivity index (χ1v) is 7.81. The van der Waals surface area contributed by atoms with Crippen LogP contribution < -0.4 is 5.14 Å². The van der Waals surface area contributed by atoms with E-state index in [0.29, 0.717) is 0 Å². The van der Waals surface area contributed by atoms with Gasteiger partial charge in [-0.15, -0.1) is 0 Å². The van der Waals surface area contributed by atoms with Gasteiger partial charge in [-0.3, -0.25) is 0 Å². The van der Waals surface area contributed by atoms with Crippen LogP contribution in [0.3, 0.4) is 0 Å². The Hall–Kier alpha value is -0.700. The van der Waals surface area contributed by atoms with Crippen LogP contribution in [0.25, 0.3) is 0 Å². The average molecular weight is 285 g/mol. The number of nitrogens with zero attached hydrogens (tertiary/aromatic N) is 1. The van der Waals surface area contributed by atoms with Crippen molar-refractivity contribution in [3.05, 3.63) is 23.4 Å². The lowest BCUT2D eigenvalue weighted by Gasteiger charge is -2.03. The van der Waals surface area contributed by atoms with Crippen LogP contribution in [0.5, 0.6) is 0 Å². The second-order valence-electron chi connectivity index (χ2n) is 2.98. The summed E-state index contributed by atoms with van der Waals surface area (Å²) >= 11 is 5.64. The summed E-state index contributed by atoms with van der Waals surface area (Å²) in [6.45, 7) is 0. The molecule has 1 aromatic rings. The first kappa shape index (κ1) is 13.4. The van der Waals surface area contributed by atoms with Gasteiger partial charge >= 0.3 is 0 Å². The molecule has 0 aliphatic carbocycles. The van der Waals surface area contributed by atoms with Crippen molar-refractivity contribution in [1.29, 1.82) is 0 Å². The molecule has 0 fully saturated rings. The molecular formula is C7H9ClN2O4S2. The molecule has 0 amide bonds. The Bertz CT molecular complexity index is 582. The molecule has 0 saturated carbocycles. The maximum atomic E-state index is 11.6. The Kier molecular flexibility index (Phi) is 3.89. The third-order valence-electron chi connectivity index (χ3n) is 1.66. The number of hydrogen-bond acceptors (Lipinski definition) is 5. The zero-order valence-corrected chi connectivity index (χ0v) is 10.4. The second kappa shape index (κ2) is 4.66. The molecule has 0 atom stereocenters. The molecular weight excluding hydrogens is 276 g/mol. The van der Waals surface area contributed by atoms with Crippen molar-refractivity contribution >= 4 is 31.5 Å². The summed E-state index contributed by atoms with van der Waals surface area (Å²) in [5.74, 6) is -1.30. The fourth-order valence-electron chi connectivity index (χ4n) is 0.923. The van der Waals surface area contributed by atoms with Crippen molar-refractivity contribution in [3.63, 3.8) is 0 Å². The van der Waals surface area contributed by atoms with Crippen LogP contribution in [0.15, 0.2) is 23.4 Å². The molecule has 1 aromatic heterocycles. The van der Waals surface area contributed by atoms with E-state index in [2.05, 4.69) is 4.98 Å². The van der Waals surface area contributed by atoms with Crippen LogP contribution in [-0.4, -0.2) is 33.3 Å². The van der Waals surface area contributed by atoms with Crippen LogP contribution in [0.2, 0.25) is 5.02 Å². The second-order valence-corrected chi connectivity index (χ2v) is 7.14. The number of nitrogens with two attached hydrogens (primary N) is 1. The first-order chi connectivity index (χ1) is 7.22.